The lowest BCUT2D eigenvalue weighted by Crippen LogP contribution is -2.27. The minimum Gasteiger partial charge on any atom is -0.480 e. The Morgan fingerprint density at radius 3 is 2.79 bits per heavy atom. The second kappa shape index (κ2) is 4.35. The maximum Gasteiger partial charge on any atom is 0.325 e. The Morgan fingerprint density at radius 1 is 1.42 bits per heavy atom. The average Bonchev–Trinajstić information content (AvgIpc) is 3.16. The molecule has 1 aliphatic rings. The predicted molar refractivity (Wildman–Crippen MR) is 70.6 cm³/mol. The number of carbonyl (C=O) groups is 1. The fourth-order valence-electron chi connectivity index (χ4n) is 2.18. The number of halogens is 1. The van der Waals surface area contributed by atoms with Gasteiger partial charge in [0.15, 0.2) is 0 Å². The van der Waals surface area contributed by atoms with Crippen molar-refractivity contribution >= 4 is 28.3 Å². The summed E-state index contributed by atoms with van der Waals surface area (Å²) < 4.78 is 1.02. The molecule has 3 rings (SSSR count). The van der Waals surface area contributed by atoms with Gasteiger partial charge in [0, 0.05) is 16.3 Å². The molecule has 0 spiro atoms. The molecule has 1 fully saturated rings. The van der Waals surface area contributed by atoms with Crippen LogP contribution in [0.3, 0.4) is 0 Å². The molecule has 1 N–H and O–H groups in total. The molecular weight excluding hydrogens is 268 g/mol. The first kappa shape index (κ1) is 12.2. The molecule has 6 heteroatoms. The van der Waals surface area contributed by atoms with Crippen molar-refractivity contribution in [3.63, 3.8) is 0 Å². The lowest BCUT2D eigenvalue weighted by Gasteiger charge is -2.09. The van der Waals surface area contributed by atoms with E-state index in [0.29, 0.717) is 16.3 Å². The van der Waals surface area contributed by atoms with Crippen LogP contribution in [0, 0.1) is 0 Å². The van der Waals surface area contributed by atoms with E-state index < -0.39 is 18.1 Å². The Kier molecular flexibility index (Phi) is 2.78. The van der Waals surface area contributed by atoms with Gasteiger partial charge in [-0.1, -0.05) is 11.6 Å². The number of fused-ring (bicyclic) bond motifs is 1. The number of carboxylic acids is 1. The van der Waals surface area contributed by atoms with Crippen molar-refractivity contribution in [2.24, 2.45) is 0 Å². The highest BCUT2D eigenvalue weighted by atomic mass is 35.5. The van der Waals surface area contributed by atoms with Crippen LogP contribution in [0.4, 0.5) is 0 Å². The number of hydrogen-bond acceptors (Lipinski definition) is 3. The van der Waals surface area contributed by atoms with Crippen LogP contribution in [-0.4, -0.2) is 20.9 Å². The molecule has 1 heterocycles. The van der Waals surface area contributed by atoms with Crippen molar-refractivity contribution in [3.8, 4) is 0 Å². The van der Waals surface area contributed by atoms with Gasteiger partial charge in [0.1, 0.15) is 6.54 Å². The predicted octanol–water partition coefficient (Wildman–Crippen LogP) is 2.01. The first-order valence-electron chi connectivity index (χ1n) is 5.98. The van der Waals surface area contributed by atoms with E-state index in [-0.39, 0.29) is 0 Å². The third-order valence-corrected chi connectivity index (χ3v) is 3.44. The summed E-state index contributed by atoms with van der Waals surface area (Å²) in [4.78, 5) is 23.0. The molecular formula is C13H11ClN2O3. The summed E-state index contributed by atoms with van der Waals surface area (Å²) in [7, 11) is 0. The standard InChI is InChI=1S/C13H11ClN2O3/c14-8-3-4-9-10(5-8)12(7-1-2-7)15-16(13(9)19)6-11(17)18/h3-5,7H,1-2,6H2,(H,17,18). The lowest BCUT2D eigenvalue weighted by atomic mass is 10.1. The number of nitrogens with zero attached hydrogens (tertiary/aromatic N) is 2. The maximum atomic E-state index is 12.2. The van der Waals surface area contributed by atoms with Crippen molar-refractivity contribution in [2.75, 3.05) is 0 Å². The Bertz CT molecular complexity index is 734. The molecule has 0 radical (unpaired) electrons. The topological polar surface area (TPSA) is 72.2 Å². The molecule has 1 aromatic carbocycles. The smallest absolute Gasteiger partial charge is 0.325 e. The van der Waals surface area contributed by atoms with E-state index in [0.717, 1.165) is 28.6 Å². The highest BCUT2D eigenvalue weighted by molar-refractivity contribution is 6.31. The largest absolute Gasteiger partial charge is 0.480 e. The van der Waals surface area contributed by atoms with Crippen molar-refractivity contribution in [2.45, 2.75) is 25.3 Å². The summed E-state index contributed by atoms with van der Waals surface area (Å²) in [5.41, 5.74) is 0.386. The van der Waals surface area contributed by atoms with Crippen LogP contribution >= 0.6 is 11.6 Å². The van der Waals surface area contributed by atoms with Crippen LogP contribution in [0.2, 0.25) is 5.02 Å². The molecule has 1 saturated carbocycles. The Labute approximate surface area is 113 Å². The minimum absolute atomic E-state index is 0.307. The van der Waals surface area contributed by atoms with Crippen molar-refractivity contribution in [1.29, 1.82) is 0 Å². The summed E-state index contributed by atoms with van der Waals surface area (Å²) in [6, 6.07) is 4.99. The molecule has 1 aliphatic carbocycles. The highest BCUT2D eigenvalue weighted by Crippen LogP contribution is 2.41. The van der Waals surface area contributed by atoms with Gasteiger partial charge in [-0.2, -0.15) is 5.10 Å². The third-order valence-electron chi connectivity index (χ3n) is 3.20. The first-order chi connectivity index (χ1) is 9.06. The molecule has 0 unspecified atom stereocenters. The zero-order chi connectivity index (χ0) is 13.6. The van der Waals surface area contributed by atoms with Crippen LogP contribution < -0.4 is 5.56 Å². The minimum atomic E-state index is -1.08. The fraction of sp³-hybridized carbons (Fsp3) is 0.308. The van der Waals surface area contributed by atoms with Crippen molar-refractivity contribution in [1.82, 2.24) is 9.78 Å². The number of carboxylic acid groups (broad SMARTS) is 1. The number of aromatic nitrogens is 2. The van der Waals surface area contributed by atoms with E-state index in [2.05, 4.69) is 5.10 Å². The fourth-order valence-corrected chi connectivity index (χ4v) is 2.35. The maximum absolute atomic E-state index is 12.2. The molecule has 0 amide bonds. The van der Waals surface area contributed by atoms with E-state index in [4.69, 9.17) is 16.7 Å². The van der Waals surface area contributed by atoms with Gasteiger partial charge in [0.2, 0.25) is 0 Å². The second-order valence-corrected chi connectivity index (χ2v) is 5.14. The van der Waals surface area contributed by atoms with Crippen LogP contribution in [0.1, 0.15) is 24.5 Å². The monoisotopic (exact) mass is 278 g/mol. The summed E-state index contributed by atoms with van der Waals surface area (Å²) >= 11 is 5.96. The third kappa shape index (κ3) is 2.21. The summed E-state index contributed by atoms with van der Waals surface area (Å²) in [6.07, 6.45) is 2.03. The lowest BCUT2D eigenvalue weighted by molar-refractivity contribution is -0.138. The number of benzene rings is 1. The van der Waals surface area contributed by atoms with E-state index in [1.165, 1.54) is 0 Å². The van der Waals surface area contributed by atoms with Gasteiger partial charge < -0.3 is 5.11 Å². The average molecular weight is 279 g/mol. The quantitative estimate of drug-likeness (QED) is 0.932. The molecule has 2 aromatic rings. The molecule has 1 aromatic heterocycles. The molecule has 0 atom stereocenters. The summed E-state index contributed by atoms with van der Waals surface area (Å²) in [5.74, 6) is -0.772. The van der Waals surface area contributed by atoms with Gasteiger partial charge in [-0.05, 0) is 31.0 Å². The Balaban J connectivity index is 2.30. The first-order valence-corrected chi connectivity index (χ1v) is 6.36. The van der Waals surface area contributed by atoms with Crippen molar-refractivity contribution in [3.05, 3.63) is 39.3 Å². The zero-order valence-electron chi connectivity index (χ0n) is 9.97. The Hall–Kier alpha value is -1.88. The number of aliphatic carboxylic acids is 1. The van der Waals surface area contributed by atoms with Crippen LogP contribution in [0.25, 0.3) is 10.8 Å². The molecule has 0 saturated heterocycles. The van der Waals surface area contributed by atoms with Gasteiger partial charge in [-0.3, -0.25) is 9.59 Å². The van der Waals surface area contributed by atoms with E-state index >= 15 is 0 Å². The van der Waals surface area contributed by atoms with E-state index in [1.807, 2.05) is 0 Å². The molecule has 19 heavy (non-hydrogen) atoms. The van der Waals surface area contributed by atoms with Crippen LogP contribution in [0.5, 0.6) is 0 Å². The van der Waals surface area contributed by atoms with Crippen LogP contribution in [0.15, 0.2) is 23.0 Å². The summed E-state index contributed by atoms with van der Waals surface area (Å²) in [6.45, 7) is -0.420. The molecule has 98 valence electrons. The number of hydrogen-bond donors (Lipinski definition) is 1. The molecule has 0 bridgehead atoms. The zero-order valence-corrected chi connectivity index (χ0v) is 10.7. The van der Waals surface area contributed by atoms with Gasteiger partial charge in [-0.15, -0.1) is 0 Å². The van der Waals surface area contributed by atoms with Crippen LogP contribution in [-0.2, 0) is 11.3 Å². The van der Waals surface area contributed by atoms with E-state index in [1.54, 1.807) is 18.2 Å². The summed E-state index contributed by atoms with van der Waals surface area (Å²) in [5, 5.41) is 14.8. The van der Waals surface area contributed by atoms with E-state index in [9.17, 15) is 9.59 Å². The SMILES string of the molecule is O=C(O)Cn1nc(C2CC2)c2cc(Cl)ccc2c1=O. The van der Waals surface area contributed by atoms with Gasteiger partial charge in [-0.25, -0.2) is 4.68 Å². The van der Waals surface area contributed by atoms with Gasteiger partial charge >= 0.3 is 5.97 Å². The second-order valence-electron chi connectivity index (χ2n) is 4.71. The Morgan fingerprint density at radius 2 is 2.16 bits per heavy atom. The molecule has 0 aliphatic heterocycles. The highest BCUT2D eigenvalue weighted by Gasteiger charge is 2.28. The normalized spacial score (nSPS) is 14.8. The van der Waals surface area contributed by atoms with Gasteiger partial charge in [0.05, 0.1) is 11.1 Å². The van der Waals surface area contributed by atoms with Crippen molar-refractivity contribution < 1.29 is 9.90 Å². The van der Waals surface area contributed by atoms with Gasteiger partial charge in [0.25, 0.3) is 5.56 Å². The molecule has 5 nitrogen and oxygen atoms in total. The number of rotatable bonds is 3.